The molecule has 29 heavy (non-hydrogen) atoms. The summed E-state index contributed by atoms with van der Waals surface area (Å²) in [6.45, 7) is 1.64. The molecule has 0 radical (unpaired) electrons. The number of carbonyl (C=O) groups is 2. The van der Waals surface area contributed by atoms with E-state index in [0.29, 0.717) is 11.6 Å². The minimum Gasteiger partial charge on any atom is -0.291 e. The van der Waals surface area contributed by atoms with Crippen molar-refractivity contribution in [3.8, 4) is 0 Å². The quantitative estimate of drug-likeness (QED) is 0.527. The number of imide groups is 1. The minimum absolute atomic E-state index is 0.101. The van der Waals surface area contributed by atoms with Gasteiger partial charge < -0.3 is 0 Å². The van der Waals surface area contributed by atoms with Crippen LogP contribution < -0.4 is 4.90 Å². The molecule has 1 atom stereocenters. The zero-order valence-electron chi connectivity index (χ0n) is 15.8. The van der Waals surface area contributed by atoms with Crippen molar-refractivity contribution in [2.75, 3.05) is 18.0 Å². The molecule has 2 saturated heterocycles. The summed E-state index contributed by atoms with van der Waals surface area (Å²) < 4.78 is 2.15. The summed E-state index contributed by atoms with van der Waals surface area (Å²) in [6.07, 6.45) is 2.20. The SMILES string of the molecule is O=C1CC(N2CCC(c3nc4ccccc4s3)CC2)C(=O)N1c1ccc(Br)cc1. The van der Waals surface area contributed by atoms with Crippen LogP contribution in [-0.2, 0) is 9.59 Å². The third-order valence-electron chi connectivity index (χ3n) is 5.84. The van der Waals surface area contributed by atoms with Crippen LogP contribution in [0.5, 0.6) is 0 Å². The number of para-hydroxylation sites is 1. The zero-order valence-corrected chi connectivity index (χ0v) is 18.2. The van der Waals surface area contributed by atoms with Crippen LogP contribution in [0.25, 0.3) is 10.2 Å². The van der Waals surface area contributed by atoms with Crippen LogP contribution in [0.15, 0.2) is 53.0 Å². The number of anilines is 1. The number of likely N-dealkylation sites (tertiary alicyclic amines) is 1. The van der Waals surface area contributed by atoms with E-state index in [4.69, 9.17) is 4.98 Å². The lowest BCUT2D eigenvalue weighted by Gasteiger charge is -2.34. The van der Waals surface area contributed by atoms with Gasteiger partial charge in [-0.1, -0.05) is 28.1 Å². The number of benzene rings is 2. The summed E-state index contributed by atoms with van der Waals surface area (Å²) >= 11 is 5.17. The van der Waals surface area contributed by atoms with Gasteiger partial charge in [-0.2, -0.15) is 0 Å². The number of nitrogens with zero attached hydrogens (tertiary/aromatic N) is 3. The summed E-state index contributed by atoms with van der Waals surface area (Å²) in [6, 6.07) is 15.2. The van der Waals surface area contributed by atoms with Crippen molar-refractivity contribution in [2.24, 2.45) is 0 Å². The van der Waals surface area contributed by atoms with Crippen molar-refractivity contribution in [3.63, 3.8) is 0 Å². The first-order valence-electron chi connectivity index (χ1n) is 9.82. The van der Waals surface area contributed by atoms with Crippen LogP contribution in [0.2, 0.25) is 0 Å². The molecule has 5 rings (SSSR count). The van der Waals surface area contributed by atoms with Gasteiger partial charge in [-0.05, 0) is 62.3 Å². The van der Waals surface area contributed by atoms with Gasteiger partial charge in [-0.3, -0.25) is 14.5 Å². The van der Waals surface area contributed by atoms with Gasteiger partial charge in [-0.15, -0.1) is 11.3 Å². The van der Waals surface area contributed by atoms with E-state index in [0.717, 1.165) is 35.9 Å². The Kier molecular flexibility index (Phi) is 4.97. The molecule has 2 fully saturated rings. The predicted molar refractivity (Wildman–Crippen MR) is 118 cm³/mol. The van der Waals surface area contributed by atoms with Crippen LogP contribution in [0.1, 0.15) is 30.2 Å². The summed E-state index contributed by atoms with van der Waals surface area (Å²) in [4.78, 5) is 33.9. The summed E-state index contributed by atoms with van der Waals surface area (Å²) in [7, 11) is 0. The molecule has 0 spiro atoms. The van der Waals surface area contributed by atoms with E-state index in [1.54, 1.807) is 11.3 Å². The minimum atomic E-state index is -0.345. The first kappa shape index (κ1) is 18.9. The van der Waals surface area contributed by atoms with Crippen LogP contribution in [-0.4, -0.2) is 40.8 Å². The number of amides is 2. The fourth-order valence-corrected chi connectivity index (χ4v) is 5.69. The highest BCUT2D eigenvalue weighted by atomic mass is 79.9. The molecular weight excluding hydrogens is 450 g/mol. The first-order chi connectivity index (χ1) is 14.1. The van der Waals surface area contributed by atoms with Gasteiger partial charge >= 0.3 is 0 Å². The van der Waals surface area contributed by atoms with Crippen LogP contribution in [0.3, 0.4) is 0 Å². The van der Waals surface area contributed by atoms with E-state index in [2.05, 4.69) is 33.0 Å². The van der Waals surface area contributed by atoms with Gasteiger partial charge in [0.25, 0.3) is 5.91 Å². The average Bonchev–Trinajstić information content (AvgIpc) is 3.30. The molecule has 0 saturated carbocycles. The number of aromatic nitrogens is 1. The number of halogens is 1. The Morgan fingerprint density at radius 1 is 1.00 bits per heavy atom. The van der Waals surface area contributed by atoms with E-state index in [1.165, 1.54) is 14.6 Å². The fourth-order valence-electron chi connectivity index (χ4n) is 4.29. The molecule has 0 N–H and O–H groups in total. The standard InChI is InChI=1S/C22H20BrN3O2S/c23-15-5-7-16(8-6-15)26-20(27)13-18(22(26)28)25-11-9-14(10-12-25)21-24-17-3-1-2-4-19(17)29-21/h1-8,14,18H,9-13H2. The molecule has 148 valence electrons. The summed E-state index contributed by atoms with van der Waals surface area (Å²) in [5.74, 6) is 0.213. The number of hydrogen-bond donors (Lipinski definition) is 0. The van der Waals surface area contributed by atoms with Crippen molar-refractivity contribution in [3.05, 3.63) is 58.0 Å². The molecule has 2 aromatic carbocycles. The fraction of sp³-hybridized carbons (Fsp3) is 0.318. The highest BCUT2D eigenvalue weighted by Crippen LogP contribution is 2.36. The Labute approximate surface area is 181 Å². The Hall–Kier alpha value is -2.09. The van der Waals surface area contributed by atoms with E-state index in [9.17, 15) is 9.59 Å². The van der Waals surface area contributed by atoms with E-state index < -0.39 is 0 Å². The Balaban J connectivity index is 1.27. The summed E-state index contributed by atoms with van der Waals surface area (Å²) in [5.41, 5.74) is 1.71. The maximum atomic E-state index is 13.0. The second-order valence-corrected chi connectivity index (χ2v) is 9.57. The van der Waals surface area contributed by atoms with Gasteiger partial charge in [0, 0.05) is 10.4 Å². The van der Waals surface area contributed by atoms with Crippen LogP contribution in [0.4, 0.5) is 5.69 Å². The van der Waals surface area contributed by atoms with Crippen LogP contribution >= 0.6 is 27.3 Å². The summed E-state index contributed by atoms with van der Waals surface area (Å²) in [5, 5.41) is 1.19. The third kappa shape index (κ3) is 3.52. The van der Waals surface area contributed by atoms with E-state index >= 15 is 0 Å². The van der Waals surface area contributed by atoms with Gasteiger partial charge in [0.15, 0.2) is 0 Å². The maximum absolute atomic E-state index is 13.0. The molecular formula is C22H20BrN3O2S. The number of carbonyl (C=O) groups excluding carboxylic acids is 2. The normalized spacial score (nSPS) is 21.4. The average molecular weight is 470 g/mol. The largest absolute Gasteiger partial charge is 0.291 e. The predicted octanol–water partition coefficient (Wildman–Crippen LogP) is 4.57. The zero-order chi connectivity index (χ0) is 20.0. The maximum Gasteiger partial charge on any atom is 0.251 e. The van der Waals surface area contributed by atoms with Crippen molar-refractivity contribution in [1.82, 2.24) is 9.88 Å². The smallest absolute Gasteiger partial charge is 0.251 e. The molecule has 7 heteroatoms. The van der Waals surface area contributed by atoms with Crippen molar-refractivity contribution in [2.45, 2.75) is 31.2 Å². The molecule has 3 heterocycles. The van der Waals surface area contributed by atoms with Crippen molar-refractivity contribution in [1.29, 1.82) is 0 Å². The molecule has 0 aliphatic carbocycles. The highest BCUT2D eigenvalue weighted by Gasteiger charge is 2.43. The Morgan fingerprint density at radius 3 is 2.45 bits per heavy atom. The van der Waals surface area contributed by atoms with Crippen molar-refractivity contribution >= 4 is 55.0 Å². The van der Waals surface area contributed by atoms with Gasteiger partial charge in [0.1, 0.15) is 0 Å². The number of rotatable bonds is 3. The second-order valence-electron chi connectivity index (χ2n) is 7.59. The van der Waals surface area contributed by atoms with Crippen molar-refractivity contribution < 1.29 is 9.59 Å². The monoisotopic (exact) mass is 469 g/mol. The van der Waals surface area contributed by atoms with Crippen LogP contribution in [0, 0.1) is 0 Å². The van der Waals surface area contributed by atoms with E-state index in [1.807, 2.05) is 36.4 Å². The molecule has 3 aromatic rings. The topological polar surface area (TPSA) is 53.5 Å². The molecule has 1 aromatic heterocycles. The highest BCUT2D eigenvalue weighted by molar-refractivity contribution is 9.10. The van der Waals surface area contributed by atoms with Gasteiger partial charge in [-0.25, -0.2) is 9.88 Å². The molecule has 0 bridgehead atoms. The number of thiazole rings is 1. The van der Waals surface area contributed by atoms with E-state index in [-0.39, 0.29) is 24.3 Å². The number of piperidine rings is 1. The first-order valence-corrected chi connectivity index (χ1v) is 11.4. The Morgan fingerprint density at radius 2 is 1.72 bits per heavy atom. The van der Waals surface area contributed by atoms with Gasteiger partial charge in [0.2, 0.25) is 5.91 Å². The molecule has 2 aliphatic rings. The lowest BCUT2D eigenvalue weighted by atomic mass is 9.96. The molecule has 5 nitrogen and oxygen atoms in total. The van der Waals surface area contributed by atoms with Gasteiger partial charge in [0.05, 0.1) is 33.4 Å². The molecule has 2 aliphatic heterocycles. The molecule has 2 amide bonds. The third-order valence-corrected chi connectivity index (χ3v) is 7.57. The second kappa shape index (κ2) is 7.63. The lowest BCUT2D eigenvalue weighted by Crippen LogP contribution is -2.45. The molecule has 1 unspecified atom stereocenters. The number of hydrogen-bond acceptors (Lipinski definition) is 5. The lowest BCUT2D eigenvalue weighted by molar-refractivity contribution is -0.123. The Bertz CT molecular complexity index is 1040. The number of fused-ring (bicyclic) bond motifs is 1.